The third-order valence-corrected chi connectivity index (χ3v) is 7.72. The fraction of sp³-hybridized carbons (Fsp3) is 0.448. The largest absolute Gasteiger partial charge is 0.389 e. The summed E-state index contributed by atoms with van der Waals surface area (Å²) in [6.45, 7) is 2.29. The number of hydrogen-bond acceptors (Lipinski definition) is 6. The Labute approximate surface area is 236 Å². The topological polar surface area (TPSA) is 94.9 Å². The molecule has 41 heavy (non-hydrogen) atoms. The van der Waals surface area contributed by atoms with Crippen molar-refractivity contribution in [2.24, 2.45) is 0 Å². The van der Waals surface area contributed by atoms with Crippen molar-refractivity contribution in [3.05, 3.63) is 59.8 Å². The Bertz CT molecular complexity index is 1420. The number of benzene rings is 1. The van der Waals surface area contributed by atoms with Crippen molar-refractivity contribution in [1.82, 2.24) is 29.7 Å². The molecule has 1 fully saturated rings. The fourth-order valence-electron chi connectivity index (χ4n) is 5.31. The second kappa shape index (κ2) is 12.3. The molecular weight excluding hydrogens is 535 g/mol. The Hall–Kier alpha value is -3.93. The van der Waals surface area contributed by atoms with Crippen molar-refractivity contribution >= 4 is 34.7 Å². The minimum atomic E-state index is -4.34. The number of amides is 2. The van der Waals surface area contributed by atoms with Gasteiger partial charge in [0.15, 0.2) is 5.65 Å². The Morgan fingerprint density at radius 3 is 2.61 bits per heavy atom. The van der Waals surface area contributed by atoms with E-state index in [1.54, 1.807) is 22.8 Å². The smallest absolute Gasteiger partial charge is 0.350 e. The van der Waals surface area contributed by atoms with Crippen LogP contribution >= 0.6 is 0 Å². The van der Waals surface area contributed by atoms with Gasteiger partial charge in [0.1, 0.15) is 0 Å². The zero-order valence-electron chi connectivity index (χ0n) is 23.0. The van der Waals surface area contributed by atoms with Crippen LogP contribution in [0.15, 0.2) is 48.7 Å². The van der Waals surface area contributed by atoms with Crippen LogP contribution < -0.4 is 10.6 Å². The van der Waals surface area contributed by atoms with E-state index in [9.17, 15) is 22.8 Å². The highest BCUT2D eigenvalue weighted by atomic mass is 19.4. The van der Waals surface area contributed by atoms with Gasteiger partial charge < -0.3 is 20.4 Å². The highest BCUT2D eigenvalue weighted by Crippen LogP contribution is 2.28. The number of nitrogens with zero attached hydrogens (tertiary/aromatic N) is 5. The molecule has 2 aromatic heterocycles. The van der Waals surface area contributed by atoms with Gasteiger partial charge in [-0.2, -0.15) is 18.2 Å². The number of carbonyl (C=O) groups is 2. The first-order chi connectivity index (χ1) is 19.7. The first-order valence-electron chi connectivity index (χ1n) is 13.9. The third kappa shape index (κ3) is 7.24. The molecule has 0 bridgehead atoms. The quantitative estimate of drug-likeness (QED) is 0.411. The van der Waals surface area contributed by atoms with Gasteiger partial charge in [-0.05, 0) is 74.8 Å². The summed E-state index contributed by atoms with van der Waals surface area (Å²) in [5, 5.41) is 10.7. The number of likely N-dealkylation sites (N-methyl/N-ethyl adjacent to an activating group) is 1. The number of halogens is 3. The molecule has 1 saturated heterocycles. The van der Waals surface area contributed by atoms with Gasteiger partial charge in [0.25, 0.3) is 5.91 Å². The van der Waals surface area contributed by atoms with E-state index in [2.05, 4.69) is 32.7 Å². The lowest BCUT2D eigenvalue weighted by molar-refractivity contribution is -0.148. The van der Waals surface area contributed by atoms with E-state index < -0.39 is 24.9 Å². The summed E-state index contributed by atoms with van der Waals surface area (Å²) in [5.74, 6) is -0.215. The van der Waals surface area contributed by atoms with Crippen LogP contribution in [0.5, 0.6) is 0 Å². The van der Waals surface area contributed by atoms with Gasteiger partial charge in [0.05, 0.1) is 6.42 Å². The van der Waals surface area contributed by atoms with Crippen molar-refractivity contribution in [2.75, 3.05) is 38.5 Å². The molecule has 3 aromatic rings. The lowest BCUT2D eigenvalue weighted by atomic mass is 10.00. The number of hydrogen-bond donors (Lipinski definition) is 2. The minimum absolute atomic E-state index is 0.104. The molecule has 0 spiro atoms. The SMILES string of the molecule is CN1CCCC[C@@H]1CNC(=O)c1ccc(Nc2nc3c(C4=CCN(C(=O)CCC(F)(F)F)CC4)cccn3n2)cc1. The van der Waals surface area contributed by atoms with Gasteiger partial charge in [0.2, 0.25) is 11.9 Å². The second-order valence-corrected chi connectivity index (χ2v) is 10.6. The predicted molar refractivity (Wildman–Crippen MR) is 150 cm³/mol. The normalized spacial score (nSPS) is 18.3. The number of fused-ring (bicyclic) bond motifs is 1. The molecule has 0 aliphatic carbocycles. The predicted octanol–water partition coefficient (Wildman–Crippen LogP) is 4.65. The molecule has 1 atom stereocenters. The maximum Gasteiger partial charge on any atom is 0.389 e. The van der Waals surface area contributed by atoms with Crippen LogP contribution in [-0.2, 0) is 4.79 Å². The first-order valence-corrected chi connectivity index (χ1v) is 13.9. The summed E-state index contributed by atoms with van der Waals surface area (Å²) in [6, 6.07) is 11.3. The van der Waals surface area contributed by atoms with Crippen molar-refractivity contribution < 1.29 is 22.8 Å². The van der Waals surface area contributed by atoms with Gasteiger partial charge in [-0.1, -0.05) is 12.5 Å². The van der Waals surface area contributed by atoms with E-state index in [4.69, 9.17) is 0 Å². The molecule has 5 rings (SSSR count). The van der Waals surface area contributed by atoms with Crippen LogP contribution in [0.1, 0.15) is 54.4 Å². The molecule has 1 aromatic carbocycles. The summed E-state index contributed by atoms with van der Waals surface area (Å²) in [6.07, 6.45) is 1.65. The van der Waals surface area contributed by atoms with Crippen LogP contribution in [0.3, 0.4) is 0 Å². The molecule has 2 N–H and O–H groups in total. The highest BCUT2D eigenvalue weighted by Gasteiger charge is 2.29. The van der Waals surface area contributed by atoms with E-state index in [1.807, 2.05) is 30.3 Å². The van der Waals surface area contributed by atoms with E-state index in [0.29, 0.717) is 42.7 Å². The lowest BCUT2D eigenvalue weighted by Gasteiger charge is -2.32. The van der Waals surface area contributed by atoms with Crippen molar-refractivity contribution in [1.29, 1.82) is 0 Å². The number of aromatic nitrogens is 3. The number of anilines is 2. The number of carbonyl (C=O) groups excluding carboxylic acids is 2. The van der Waals surface area contributed by atoms with E-state index in [-0.39, 0.29) is 12.5 Å². The van der Waals surface area contributed by atoms with Crippen molar-refractivity contribution in [3.63, 3.8) is 0 Å². The lowest BCUT2D eigenvalue weighted by Crippen LogP contribution is -2.44. The number of nitrogens with one attached hydrogen (secondary N) is 2. The zero-order valence-corrected chi connectivity index (χ0v) is 23.0. The van der Waals surface area contributed by atoms with Gasteiger partial charge in [0, 0.05) is 55.1 Å². The molecule has 9 nitrogen and oxygen atoms in total. The number of piperidine rings is 1. The van der Waals surface area contributed by atoms with Crippen molar-refractivity contribution in [3.8, 4) is 0 Å². The van der Waals surface area contributed by atoms with Gasteiger partial charge in [-0.25, -0.2) is 4.52 Å². The summed E-state index contributed by atoms with van der Waals surface area (Å²) in [7, 11) is 2.10. The van der Waals surface area contributed by atoms with E-state index in [1.165, 1.54) is 17.7 Å². The minimum Gasteiger partial charge on any atom is -0.350 e. The second-order valence-electron chi connectivity index (χ2n) is 10.6. The van der Waals surface area contributed by atoms with Gasteiger partial charge in [-0.3, -0.25) is 9.59 Å². The number of alkyl halides is 3. The molecule has 2 aliphatic rings. The maximum absolute atomic E-state index is 12.6. The molecule has 4 heterocycles. The van der Waals surface area contributed by atoms with Crippen LogP contribution in [-0.4, -0.2) is 81.7 Å². The number of pyridine rings is 1. The van der Waals surface area contributed by atoms with Crippen LogP contribution in [0.25, 0.3) is 11.2 Å². The Morgan fingerprint density at radius 2 is 1.90 bits per heavy atom. The Balaban J connectivity index is 1.20. The molecule has 0 radical (unpaired) electrons. The number of likely N-dealkylation sites (tertiary alicyclic amines) is 1. The molecule has 2 aliphatic heterocycles. The monoisotopic (exact) mass is 569 g/mol. The van der Waals surface area contributed by atoms with Crippen LogP contribution in [0.4, 0.5) is 24.8 Å². The molecule has 2 amide bonds. The van der Waals surface area contributed by atoms with Gasteiger partial charge >= 0.3 is 6.18 Å². The Kier molecular flexibility index (Phi) is 8.57. The summed E-state index contributed by atoms with van der Waals surface area (Å²) < 4.78 is 39.1. The van der Waals surface area contributed by atoms with Gasteiger partial charge in [-0.15, -0.1) is 5.10 Å². The zero-order chi connectivity index (χ0) is 29.0. The third-order valence-electron chi connectivity index (χ3n) is 7.72. The average Bonchev–Trinajstić information content (AvgIpc) is 3.38. The van der Waals surface area contributed by atoms with E-state index in [0.717, 1.165) is 29.8 Å². The molecule has 0 saturated carbocycles. The fourth-order valence-corrected chi connectivity index (χ4v) is 5.31. The summed E-state index contributed by atoms with van der Waals surface area (Å²) in [5.41, 5.74) is 3.75. The average molecular weight is 570 g/mol. The standard InChI is InChI=1S/C29H34F3N7O2/c1-37-15-3-2-5-23(37)19-33-27(41)21-7-9-22(10-8-21)34-28-35-26-24(6-4-16-39(26)36-28)20-12-17-38(18-13-20)25(40)11-14-29(30,31)32/h4,6-10,12,16,23H,2-3,5,11,13-15,17-19H2,1H3,(H,33,41)(H,34,36)/t23-/m1/s1. The molecular formula is C29H34F3N7O2. The Morgan fingerprint density at radius 1 is 1.10 bits per heavy atom. The molecule has 12 heteroatoms. The number of rotatable bonds is 8. The van der Waals surface area contributed by atoms with E-state index >= 15 is 0 Å². The highest BCUT2D eigenvalue weighted by molar-refractivity contribution is 5.94. The van der Waals surface area contributed by atoms with Crippen LogP contribution in [0, 0.1) is 0 Å². The summed E-state index contributed by atoms with van der Waals surface area (Å²) >= 11 is 0. The molecule has 218 valence electrons. The molecule has 0 unspecified atom stereocenters. The first kappa shape index (κ1) is 28.6. The van der Waals surface area contributed by atoms with Crippen LogP contribution in [0.2, 0.25) is 0 Å². The maximum atomic E-state index is 12.6. The summed E-state index contributed by atoms with van der Waals surface area (Å²) in [4.78, 5) is 33.2. The van der Waals surface area contributed by atoms with Crippen molar-refractivity contribution in [2.45, 2.75) is 50.7 Å².